The molecule has 0 radical (unpaired) electrons. The number of thioether (sulfide) groups is 1. The number of ketones is 1. The first kappa shape index (κ1) is 87.5. The van der Waals surface area contributed by atoms with E-state index < -0.39 is 149 Å². The number of methoxy groups -OCH3 is 5. The number of alkyl carbamates (subject to hydrolysis) is 1. The first-order valence-electron chi connectivity index (χ1n) is 35.2. The first-order valence-corrected chi connectivity index (χ1v) is 39.4. The number of nitrogens with one attached hydrogen (secondary N) is 3. The first-order chi connectivity index (χ1) is 51.3. The fourth-order valence-electron chi connectivity index (χ4n) is 13.5. The Morgan fingerprint density at radius 3 is 2.24 bits per heavy atom. The van der Waals surface area contributed by atoms with Gasteiger partial charge in [-0.2, -0.15) is 10.6 Å². The van der Waals surface area contributed by atoms with Gasteiger partial charge in [-0.15, -0.1) is 0 Å². The van der Waals surface area contributed by atoms with Gasteiger partial charge in [0, 0.05) is 80.9 Å². The van der Waals surface area contributed by atoms with E-state index in [1.807, 2.05) is 43.4 Å². The van der Waals surface area contributed by atoms with Gasteiger partial charge in [0.05, 0.1) is 122 Å². The maximum absolute atomic E-state index is 14.6. The Labute approximate surface area is 653 Å². The summed E-state index contributed by atoms with van der Waals surface area (Å²) in [5.41, 5.74) is 4.81. The van der Waals surface area contributed by atoms with Crippen LogP contribution in [0.2, 0.25) is 0 Å². The molecule has 4 heterocycles. The highest BCUT2D eigenvalue weighted by atomic mass is 127. The molecule has 2 bridgehead atoms. The molecule has 0 saturated carbocycles. The average molecular weight is 1680 g/mol. The molecule has 4 fully saturated rings. The molecular weight excluding hydrogens is 1580 g/mol. The largest absolute Gasteiger partial charge is 0.494 e. The van der Waals surface area contributed by atoms with Gasteiger partial charge in [-0.1, -0.05) is 63.1 Å². The highest BCUT2D eigenvalue weighted by molar-refractivity contribution is 14.1. The van der Waals surface area contributed by atoms with Crippen LogP contribution in [0.15, 0.2) is 64.4 Å². The van der Waals surface area contributed by atoms with Crippen LogP contribution in [-0.4, -0.2) is 251 Å². The molecule has 0 aromatic heterocycles. The van der Waals surface area contributed by atoms with Crippen molar-refractivity contribution in [1.29, 1.82) is 0 Å². The molecule has 6 aliphatic rings. The van der Waals surface area contributed by atoms with E-state index in [1.165, 1.54) is 69.1 Å². The topological polar surface area (TPSA) is 395 Å². The van der Waals surface area contributed by atoms with Crippen molar-refractivity contribution < 1.29 is 121 Å². The predicted molar refractivity (Wildman–Crippen MR) is 407 cm³/mol. The van der Waals surface area contributed by atoms with Crippen molar-refractivity contribution in [3.63, 3.8) is 0 Å². The molecule has 2 aliphatic carbocycles. The number of hydrogen-bond acceptors (Lipinski definition) is 29. The summed E-state index contributed by atoms with van der Waals surface area (Å²) in [5.74, 6) is 9.14. The number of carbonyl (C=O) groups excluding carboxylic acids is 5. The zero-order chi connectivity index (χ0) is 79.1. The molecule has 3 amide bonds. The molecule has 17 unspecified atom stereocenters. The summed E-state index contributed by atoms with van der Waals surface area (Å²) in [6.45, 7) is 16.1. The zero-order valence-electron chi connectivity index (χ0n) is 62.6. The van der Waals surface area contributed by atoms with E-state index >= 15 is 0 Å². The van der Waals surface area contributed by atoms with Crippen molar-refractivity contribution in [3.05, 3.63) is 79.6 Å². The highest BCUT2D eigenvalue weighted by Crippen LogP contribution is 2.50. The van der Waals surface area contributed by atoms with Crippen LogP contribution < -0.4 is 35.2 Å². The van der Waals surface area contributed by atoms with Crippen molar-refractivity contribution in [3.8, 4) is 46.7 Å². The summed E-state index contributed by atoms with van der Waals surface area (Å²) >= 11 is 2.80. The van der Waals surface area contributed by atoms with E-state index in [-0.39, 0.29) is 103 Å². The van der Waals surface area contributed by atoms with Crippen LogP contribution in [-0.2, 0) is 61.9 Å². The summed E-state index contributed by atoms with van der Waals surface area (Å²) in [4.78, 5) is 87.5. The quantitative estimate of drug-likeness (QED) is 0.0108. The fraction of sp³-hybridized carbons (Fsp3) is 0.608. The lowest BCUT2D eigenvalue weighted by Crippen LogP contribution is -2.62. The lowest BCUT2D eigenvalue weighted by molar-refractivity contribution is -0.293. The van der Waals surface area contributed by atoms with Gasteiger partial charge < -0.3 is 92.4 Å². The summed E-state index contributed by atoms with van der Waals surface area (Å²) in [7, 11) is 9.39. The molecule has 0 spiro atoms. The number of hydrazone groups is 1. The maximum Gasteiger partial charge on any atom is 0.411 e. The van der Waals surface area contributed by atoms with Crippen LogP contribution in [0.3, 0.4) is 0 Å². The van der Waals surface area contributed by atoms with Crippen molar-refractivity contribution in [2.45, 2.75) is 221 Å². The summed E-state index contributed by atoms with van der Waals surface area (Å²) in [6.07, 6.45) is -12.3. The van der Waals surface area contributed by atoms with Gasteiger partial charge in [-0.3, -0.25) is 34.1 Å². The Hall–Kier alpha value is -6.11. The average Bonchev–Trinajstić information content (AvgIpc) is 0.755. The minimum Gasteiger partial charge on any atom is -0.494 e. The van der Waals surface area contributed by atoms with Crippen LogP contribution >= 0.6 is 55.9 Å². The number of allylic oxidation sites excluding steroid dienone is 3. The number of carboxylic acids is 1. The predicted octanol–water partition coefficient (Wildman–Crippen LogP) is 5.79. The lowest BCUT2D eigenvalue weighted by Gasteiger charge is -2.47. The molecule has 8 rings (SSSR count). The summed E-state index contributed by atoms with van der Waals surface area (Å²) in [5, 5.41) is 73.7. The number of nitrogens with zero attached hydrogens (tertiary/aromatic N) is 2. The van der Waals surface area contributed by atoms with Crippen LogP contribution in [0.4, 0.5) is 4.79 Å². The number of rotatable bonds is 31. The van der Waals surface area contributed by atoms with E-state index in [0.717, 1.165) is 24.4 Å². The highest BCUT2D eigenvalue weighted by Gasteiger charge is 2.52. The summed E-state index contributed by atoms with van der Waals surface area (Å²) in [6, 6.07) is 5.47. The Morgan fingerprint density at radius 2 is 1.59 bits per heavy atom. The van der Waals surface area contributed by atoms with E-state index in [9.17, 15) is 54.3 Å². The molecule has 34 heteroatoms. The molecule has 594 valence electrons. The SMILES string of the molecule is CCN(C(C)=O)C1COC(CC2C(O[C@H]3C#C/C=C\C#C[C@]4(O)CC(=O)C(NC(=O)OC)=C3/C4=C\CSSC(C)(C)CC(=O)N/N=C(\C)c3ccc(OCCCC(=O)O)cc3)OC(C)C(NOC3CC(O)C(SC(=O)c4c(C)c(I)c(OC5OC(C)C(O)C(OC)C5O)c(OC)c4OC)C(C)O3)C2O)CC1OC. The van der Waals surface area contributed by atoms with Gasteiger partial charge >= 0.3 is 12.1 Å². The zero-order valence-corrected chi connectivity index (χ0v) is 67.3. The number of amides is 3. The minimum atomic E-state index is -2.20. The molecule has 19 atom stereocenters. The second-order valence-corrected chi connectivity index (χ2v) is 32.4. The number of hydroxylamine groups is 1. The Balaban J connectivity index is 1.02. The number of fused-ring (bicyclic) bond motifs is 2. The Kier molecular flexibility index (Phi) is 32.3. The fourth-order valence-corrected chi connectivity index (χ4v) is 17.6. The molecule has 2 aromatic rings. The van der Waals surface area contributed by atoms with Gasteiger partial charge in [0.15, 0.2) is 35.5 Å². The van der Waals surface area contributed by atoms with E-state index in [1.54, 1.807) is 69.9 Å². The number of Topliss-reactive ketones (excluding diaryl/α,β-unsaturated/α-hetero) is 1. The van der Waals surface area contributed by atoms with Crippen LogP contribution in [0, 0.1) is 40.1 Å². The third-order valence-corrected chi connectivity index (χ3v) is 24.9. The standard InChI is InChI=1S/C74H98IN5O25S3/c1-15-80(42(7)81)48-36-99-45(32-52(48)93-10)31-46-62(88)59(79-105-55-33-49(82)68(41(6)100-55)107-69(90)56-37(2)58(75)65(67(96-13)64(56)94-11)104-71-63(89)66(95-12)61(87)40(5)102-71)39(4)101-70(46)103-51-21-18-16-17-19-28-74(92)34-50(83)60(76-72(91)97-14)57(51)47(74)27-30-106-108-73(8,9)35-53(84)78-77-38(3)43-23-25-44(26-24-43)98-29-20-22-54(85)86/h16-17,23-27,39-41,45-46,48-49,51-52,55,59,61-63,66,68,70-71,79,82,87-89,92H,15,20,22,29-36H2,1-14H3,(H,76,91)(H,78,84)(H,85,86)/b17-16-,47-27+,77-38+/t39?,40?,41?,45?,46?,48?,49?,51-,52?,55?,59?,61?,62?,63?,66?,68?,70?,71?,74-/m0/s1. The molecule has 108 heavy (non-hydrogen) atoms. The van der Waals surface area contributed by atoms with E-state index in [4.69, 9.17) is 66.8 Å². The molecule has 4 saturated heterocycles. The van der Waals surface area contributed by atoms with Crippen LogP contribution in [0.5, 0.6) is 23.0 Å². The second-order valence-electron chi connectivity index (χ2n) is 27.2. The molecule has 30 nitrogen and oxygen atoms in total. The number of benzene rings is 2. The normalized spacial score (nSPS) is 30.7. The van der Waals surface area contributed by atoms with Gasteiger partial charge in [-0.05, 0) is 138 Å². The van der Waals surface area contributed by atoms with E-state index in [0.29, 0.717) is 33.6 Å². The number of carbonyl (C=O) groups is 6. The third-order valence-electron chi connectivity index (χ3n) is 19.1. The molecule has 9 N–H and O–H groups in total. The van der Waals surface area contributed by atoms with Crippen LogP contribution in [0.1, 0.15) is 122 Å². The molecule has 2 aromatic carbocycles. The van der Waals surface area contributed by atoms with Gasteiger partial charge in [0.2, 0.25) is 29.0 Å². The van der Waals surface area contributed by atoms with Crippen molar-refractivity contribution in [2.24, 2.45) is 11.0 Å². The molecular formula is C74H98IN5O25S3. The summed E-state index contributed by atoms with van der Waals surface area (Å²) < 4.78 is 72.1. The van der Waals surface area contributed by atoms with Crippen molar-refractivity contribution in [2.75, 3.05) is 61.1 Å². The van der Waals surface area contributed by atoms with Crippen molar-refractivity contribution >= 4 is 96.4 Å². The van der Waals surface area contributed by atoms with E-state index in [2.05, 4.69) is 45.0 Å². The molecule has 4 aliphatic heterocycles. The monoisotopic (exact) mass is 1680 g/mol. The number of aliphatic hydroxyl groups excluding tert-OH is 4. The number of likely N-dealkylation sites (N-methyl/N-ethyl adjacent to an activating group) is 1. The Morgan fingerprint density at radius 1 is 0.889 bits per heavy atom. The third kappa shape index (κ3) is 21.8. The number of aliphatic hydroxyl groups is 5. The number of hydrogen-bond donors (Lipinski definition) is 9. The maximum atomic E-state index is 14.6. The second kappa shape index (κ2) is 39.9. The van der Waals surface area contributed by atoms with Crippen LogP contribution in [0.25, 0.3) is 0 Å². The van der Waals surface area contributed by atoms with Gasteiger partial charge in [0.1, 0.15) is 30.2 Å². The minimum absolute atomic E-state index is 0.00543. The number of halogens is 1. The smallest absolute Gasteiger partial charge is 0.411 e. The van der Waals surface area contributed by atoms with Crippen molar-refractivity contribution in [1.82, 2.24) is 21.1 Å². The number of ether oxygens (including phenoxy) is 12. The van der Waals surface area contributed by atoms with Gasteiger partial charge in [0.25, 0.3) is 0 Å². The number of aliphatic carboxylic acids is 1. The number of carboxylic acid groups (broad SMARTS) is 1. The Bertz CT molecular complexity index is 3790. The lowest BCUT2D eigenvalue weighted by atomic mass is 9.75. The van der Waals surface area contributed by atoms with Gasteiger partial charge in [-0.25, -0.2) is 10.2 Å².